The summed E-state index contributed by atoms with van der Waals surface area (Å²) in [5.41, 5.74) is -1.62. The lowest BCUT2D eigenvalue weighted by atomic mass is 9.85. The van der Waals surface area contributed by atoms with E-state index < -0.39 is 48.2 Å². The summed E-state index contributed by atoms with van der Waals surface area (Å²) in [4.78, 5) is 39.5. The van der Waals surface area contributed by atoms with Crippen LogP contribution in [0.25, 0.3) is 0 Å². The van der Waals surface area contributed by atoms with E-state index in [0.717, 1.165) is 0 Å². The zero-order valence-corrected chi connectivity index (χ0v) is 18.2. The summed E-state index contributed by atoms with van der Waals surface area (Å²) in [6.45, 7) is 3.72. The fourth-order valence-electron chi connectivity index (χ4n) is 3.53. The van der Waals surface area contributed by atoms with Crippen LogP contribution in [-0.2, 0) is 19.1 Å². The van der Waals surface area contributed by atoms with Crippen molar-refractivity contribution in [3.8, 4) is 5.75 Å². The van der Waals surface area contributed by atoms with Gasteiger partial charge in [0.05, 0.1) is 18.9 Å². The van der Waals surface area contributed by atoms with Gasteiger partial charge in [-0.1, -0.05) is 12.1 Å². The van der Waals surface area contributed by atoms with Crippen LogP contribution < -0.4 is 15.4 Å². The average molecular weight is 437 g/mol. The van der Waals surface area contributed by atoms with Gasteiger partial charge in [0.15, 0.2) is 0 Å². The molecule has 0 radical (unpaired) electrons. The van der Waals surface area contributed by atoms with Crippen molar-refractivity contribution in [3.63, 3.8) is 0 Å². The molecule has 9 nitrogen and oxygen atoms in total. The first-order valence-corrected chi connectivity index (χ1v) is 10.2. The lowest BCUT2D eigenvalue weighted by molar-refractivity contribution is -0.138. The van der Waals surface area contributed by atoms with E-state index >= 15 is 0 Å². The molecule has 3 amide bonds. The van der Waals surface area contributed by atoms with Crippen molar-refractivity contribution in [1.82, 2.24) is 10.2 Å². The summed E-state index contributed by atoms with van der Waals surface area (Å²) in [7, 11) is 0. The second-order valence-electron chi connectivity index (χ2n) is 8.73. The quantitative estimate of drug-likeness (QED) is 0.753. The first-order chi connectivity index (χ1) is 15.7. The Morgan fingerprint density at radius 3 is 2.65 bits per heavy atom. The Labute approximate surface area is 186 Å². The van der Waals surface area contributed by atoms with Crippen LogP contribution in [0.1, 0.15) is 44.6 Å². The molecule has 2 N–H and O–H groups in total. The van der Waals surface area contributed by atoms with E-state index in [-0.39, 0.29) is 0 Å². The molecular formula is C22H31N3O6. The molecule has 0 bridgehead atoms. The van der Waals surface area contributed by atoms with Gasteiger partial charge in [0, 0.05) is 23.9 Å². The highest BCUT2D eigenvalue weighted by Gasteiger charge is 2.50. The van der Waals surface area contributed by atoms with Gasteiger partial charge in [0.2, 0.25) is 5.91 Å². The summed E-state index contributed by atoms with van der Waals surface area (Å²) >= 11 is 0. The molecule has 0 aromatic heterocycles. The van der Waals surface area contributed by atoms with Gasteiger partial charge < -0.3 is 24.8 Å². The van der Waals surface area contributed by atoms with Crippen molar-refractivity contribution in [1.29, 1.82) is 0 Å². The van der Waals surface area contributed by atoms with Crippen LogP contribution in [0.3, 0.4) is 0 Å². The maximum atomic E-state index is 13.2. The molecule has 2 aliphatic heterocycles. The van der Waals surface area contributed by atoms with Crippen molar-refractivity contribution >= 4 is 23.6 Å². The Morgan fingerprint density at radius 1 is 1.32 bits per heavy atom. The van der Waals surface area contributed by atoms with Gasteiger partial charge in [-0.3, -0.25) is 14.5 Å². The molecule has 0 unspecified atom stereocenters. The number of carbonyl (C=O) groups is 3. The van der Waals surface area contributed by atoms with Crippen LogP contribution in [0.5, 0.6) is 5.75 Å². The number of hydrogen-bond acceptors (Lipinski definition) is 6. The summed E-state index contributed by atoms with van der Waals surface area (Å²) < 4.78 is 40.3. The summed E-state index contributed by atoms with van der Waals surface area (Å²) in [6, 6.07) is 4.31. The van der Waals surface area contributed by atoms with Gasteiger partial charge in [0.1, 0.15) is 29.0 Å². The molecule has 2 heterocycles. The zero-order valence-electron chi connectivity index (χ0n) is 21.2. The van der Waals surface area contributed by atoms with Crippen LogP contribution in [-0.4, -0.2) is 66.3 Å². The van der Waals surface area contributed by atoms with E-state index in [1.54, 1.807) is 45.0 Å². The number of benzene rings is 1. The van der Waals surface area contributed by atoms with Crippen LogP contribution in [0, 0.1) is 0 Å². The number of anilines is 1. The Balaban J connectivity index is 1.89. The van der Waals surface area contributed by atoms with E-state index in [1.807, 2.05) is 0 Å². The van der Waals surface area contributed by atoms with Crippen molar-refractivity contribution in [2.75, 3.05) is 25.5 Å². The van der Waals surface area contributed by atoms with Crippen molar-refractivity contribution in [3.05, 3.63) is 24.3 Å². The smallest absolute Gasteiger partial charge is 0.410 e. The number of para-hydroxylation sites is 2. The predicted molar refractivity (Wildman–Crippen MR) is 114 cm³/mol. The first-order valence-electron chi connectivity index (χ1n) is 11.7. The summed E-state index contributed by atoms with van der Waals surface area (Å²) in [5.74, 6) is -0.881. The van der Waals surface area contributed by atoms with Crippen molar-refractivity contribution in [2.24, 2.45) is 0 Å². The standard InChI is InChI=1S/C22H31N3O6/c1-14(25(5)20(28)31-21(2,3)4)18(26)24-17-19(27)23-15-8-6-7-9-16(15)30-22(17)10-12-29-13-11-22/h6-9,14,17H,10-13H2,1-5H3,(H,23,27)(H,24,26)/t14-,17+/m0/s1/i5D3. The Morgan fingerprint density at radius 2 is 2.00 bits per heavy atom. The molecule has 0 saturated carbocycles. The predicted octanol–water partition coefficient (Wildman–Crippen LogP) is 2.31. The van der Waals surface area contributed by atoms with Crippen LogP contribution in [0.4, 0.5) is 10.5 Å². The number of nitrogens with one attached hydrogen (secondary N) is 2. The third kappa shape index (κ3) is 5.10. The third-order valence-corrected chi connectivity index (χ3v) is 5.23. The number of hydrogen-bond donors (Lipinski definition) is 2. The van der Waals surface area contributed by atoms with Crippen LogP contribution in [0.15, 0.2) is 24.3 Å². The molecular weight excluding hydrogens is 402 g/mol. The second-order valence-corrected chi connectivity index (χ2v) is 8.73. The minimum Gasteiger partial charge on any atom is -0.482 e. The largest absolute Gasteiger partial charge is 0.482 e. The highest BCUT2D eigenvalue weighted by Crippen LogP contribution is 2.38. The third-order valence-electron chi connectivity index (χ3n) is 5.23. The lowest BCUT2D eigenvalue weighted by Gasteiger charge is -2.41. The second kappa shape index (κ2) is 8.74. The van der Waals surface area contributed by atoms with Gasteiger partial charge >= 0.3 is 6.09 Å². The summed E-state index contributed by atoms with van der Waals surface area (Å²) in [5, 5.41) is 5.41. The molecule has 2 atom stereocenters. The van der Waals surface area contributed by atoms with E-state index in [0.29, 0.717) is 42.4 Å². The highest BCUT2D eigenvalue weighted by molar-refractivity contribution is 6.00. The number of nitrogens with zero attached hydrogens (tertiary/aromatic N) is 1. The molecule has 1 aromatic carbocycles. The van der Waals surface area contributed by atoms with E-state index in [9.17, 15) is 14.4 Å². The molecule has 2 aliphatic rings. The number of rotatable bonds is 3. The van der Waals surface area contributed by atoms with Crippen molar-refractivity contribution in [2.45, 2.75) is 63.8 Å². The highest BCUT2D eigenvalue weighted by atomic mass is 16.6. The fourth-order valence-corrected chi connectivity index (χ4v) is 3.53. The molecule has 31 heavy (non-hydrogen) atoms. The Kier molecular flexibility index (Phi) is 5.33. The van der Waals surface area contributed by atoms with Gasteiger partial charge in [-0.25, -0.2) is 4.79 Å². The molecule has 0 aliphatic carbocycles. The van der Waals surface area contributed by atoms with Gasteiger partial charge in [0.25, 0.3) is 5.91 Å². The molecule has 1 spiro atoms. The zero-order chi connectivity index (χ0) is 25.3. The maximum Gasteiger partial charge on any atom is 0.410 e. The number of fused-ring (bicyclic) bond motifs is 1. The van der Waals surface area contributed by atoms with E-state index in [1.165, 1.54) is 6.92 Å². The first kappa shape index (κ1) is 18.9. The van der Waals surface area contributed by atoms with Gasteiger partial charge in [-0.05, 0) is 39.8 Å². The monoisotopic (exact) mass is 436 g/mol. The minimum absolute atomic E-state index is 0.316. The molecule has 9 heteroatoms. The molecule has 1 saturated heterocycles. The molecule has 3 rings (SSSR count). The van der Waals surface area contributed by atoms with E-state index in [2.05, 4.69) is 10.6 Å². The Hall–Kier alpha value is -2.81. The minimum atomic E-state index is -2.95. The molecule has 1 aromatic rings. The van der Waals surface area contributed by atoms with Gasteiger partial charge in [-0.15, -0.1) is 0 Å². The molecule has 170 valence electrons. The number of likely N-dealkylation sites (N-methyl/N-ethyl adjacent to an activating group) is 1. The molecule has 1 fully saturated rings. The normalized spacial score (nSPS) is 22.9. The van der Waals surface area contributed by atoms with Crippen LogP contribution in [0.2, 0.25) is 0 Å². The SMILES string of the molecule is [2H]C([2H])([2H])N(C(=O)OC(C)(C)C)[C@@H](C)C(=O)N[C@@H]1C(=O)Nc2ccccc2OC12CCOCC2. The topological polar surface area (TPSA) is 106 Å². The van der Waals surface area contributed by atoms with E-state index in [4.69, 9.17) is 18.3 Å². The Bertz CT molecular complexity index is 941. The lowest BCUT2D eigenvalue weighted by Crippen LogP contribution is -2.64. The van der Waals surface area contributed by atoms with Gasteiger partial charge in [-0.2, -0.15) is 0 Å². The number of ether oxygens (including phenoxy) is 3. The fraction of sp³-hybridized carbons (Fsp3) is 0.591. The van der Waals surface area contributed by atoms with Crippen LogP contribution >= 0.6 is 0 Å². The number of carbonyl (C=O) groups excluding carboxylic acids is 3. The summed E-state index contributed by atoms with van der Waals surface area (Å²) in [6.07, 6.45) is -0.517. The maximum absolute atomic E-state index is 13.2. The average Bonchev–Trinajstić information content (AvgIpc) is 2.81. The van der Waals surface area contributed by atoms with Crippen molar-refractivity contribution < 1.29 is 32.7 Å². The number of amides is 3.